The van der Waals surface area contributed by atoms with Gasteiger partial charge < -0.3 is 9.80 Å². The summed E-state index contributed by atoms with van der Waals surface area (Å²) >= 11 is 5.97. The van der Waals surface area contributed by atoms with Crippen LogP contribution in [0.5, 0.6) is 0 Å². The van der Waals surface area contributed by atoms with E-state index in [-0.39, 0.29) is 40.0 Å². The van der Waals surface area contributed by atoms with Crippen LogP contribution in [0.15, 0.2) is 36.5 Å². The first-order chi connectivity index (χ1) is 20.0. The minimum atomic E-state index is -4.66. The summed E-state index contributed by atoms with van der Waals surface area (Å²) in [7, 11) is -3.38. The molecule has 2 bridgehead atoms. The summed E-state index contributed by atoms with van der Waals surface area (Å²) in [5.41, 5.74) is -3.73. The van der Waals surface area contributed by atoms with Crippen molar-refractivity contribution in [2.75, 3.05) is 23.7 Å². The number of halogens is 6. The Kier molecular flexibility index (Phi) is 5.88. The molecule has 3 aromatic rings. The van der Waals surface area contributed by atoms with Crippen molar-refractivity contribution in [1.82, 2.24) is 19.5 Å². The number of rotatable bonds is 3. The van der Waals surface area contributed by atoms with Gasteiger partial charge in [-0.3, -0.25) is 4.79 Å². The van der Waals surface area contributed by atoms with Crippen LogP contribution in [0.1, 0.15) is 50.3 Å². The zero-order valence-corrected chi connectivity index (χ0v) is 24.6. The number of hydrogen-bond acceptors (Lipinski definition) is 6. The lowest BCUT2D eigenvalue weighted by molar-refractivity contribution is -0.181. The van der Waals surface area contributed by atoms with Crippen LogP contribution in [-0.2, 0) is 20.0 Å². The van der Waals surface area contributed by atoms with E-state index in [4.69, 9.17) is 11.6 Å². The summed E-state index contributed by atoms with van der Waals surface area (Å²) < 4.78 is 101. The molecule has 15 heteroatoms. The van der Waals surface area contributed by atoms with Crippen molar-refractivity contribution in [3.05, 3.63) is 52.9 Å². The van der Waals surface area contributed by atoms with Gasteiger partial charge in [0.25, 0.3) is 5.92 Å². The third kappa shape index (κ3) is 3.83. The van der Waals surface area contributed by atoms with Crippen molar-refractivity contribution in [3.63, 3.8) is 0 Å². The fraction of sp³-hybridized carbons (Fsp3) is 0.536. The van der Waals surface area contributed by atoms with E-state index in [0.717, 1.165) is 11.4 Å². The molecule has 43 heavy (non-hydrogen) atoms. The lowest BCUT2D eigenvalue weighted by atomic mass is 9.87. The lowest BCUT2D eigenvalue weighted by Gasteiger charge is -2.38. The molecule has 1 unspecified atom stereocenters. The van der Waals surface area contributed by atoms with E-state index in [2.05, 4.69) is 10.1 Å². The smallest absolute Gasteiger partial charge is 0.337 e. The quantitative estimate of drug-likeness (QED) is 0.362. The monoisotopic (exact) mass is 643 g/mol. The van der Waals surface area contributed by atoms with Gasteiger partial charge in [0.1, 0.15) is 10.8 Å². The van der Waals surface area contributed by atoms with E-state index >= 15 is 8.78 Å². The minimum absolute atomic E-state index is 0.00850. The van der Waals surface area contributed by atoms with E-state index in [9.17, 15) is 26.4 Å². The van der Waals surface area contributed by atoms with Gasteiger partial charge in [-0.2, -0.15) is 18.3 Å². The van der Waals surface area contributed by atoms with Crippen molar-refractivity contribution >= 4 is 44.4 Å². The Balaban J connectivity index is 1.20. The molecular weight excluding hydrogens is 617 g/mol. The standard InChI is InChI=1S/C28H27ClF5N5O3S/c1-25(28(32,33)34)14-38(19-11-35-21-10-20(29)36-39(21)23(19)25)16-8-6-15(7-9-16)22-26(2,27(22,30)31)24(40)37-12-18-5-3-4-17(37)13-43(18,41)42/h6-11,17-18,22H,3-5,12-14H2,1-2H3/t17?,18-,22+,25+,26-/m0/s1. The van der Waals surface area contributed by atoms with Gasteiger partial charge in [0.2, 0.25) is 5.91 Å². The van der Waals surface area contributed by atoms with Crippen molar-refractivity contribution in [2.24, 2.45) is 5.41 Å². The Morgan fingerprint density at radius 1 is 1.12 bits per heavy atom. The molecule has 2 aromatic heterocycles. The fourth-order valence-corrected chi connectivity index (χ4v) is 9.58. The molecule has 1 aromatic carbocycles. The molecule has 1 aliphatic carbocycles. The van der Waals surface area contributed by atoms with E-state index in [0.29, 0.717) is 24.9 Å². The second-order valence-corrected chi connectivity index (χ2v) is 15.2. The topological polar surface area (TPSA) is 87.9 Å². The van der Waals surface area contributed by atoms with Crippen LogP contribution >= 0.6 is 11.6 Å². The summed E-state index contributed by atoms with van der Waals surface area (Å²) in [6, 6.07) is 6.47. The number of sulfone groups is 1. The fourth-order valence-electron chi connectivity index (χ4n) is 7.34. The predicted molar refractivity (Wildman–Crippen MR) is 148 cm³/mol. The van der Waals surface area contributed by atoms with Crippen molar-refractivity contribution in [3.8, 4) is 0 Å². The maximum Gasteiger partial charge on any atom is 0.401 e. The normalized spacial score (nSPS) is 32.6. The molecule has 5 aliphatic rings. The average Bonchev–Trinajstić information content (AvgIpc) is 3.10. The van der Waals surface area contributed by atoms with Crippen molar-refractivity contribution < 1.29 is 35.2 Å². The molecule has 1 saturated carbocycles. The number of fused-ring (bicyclic) bond motifs is 7. The van der Waals surface area contributed by atoms with Gasteiger partial charge >= 0.3 is 6.18 Å². The van der Waals surface area contributed by atoms with Gasteiger partial charge in [0.15, 0.2) is 20.6 Å². The number of hydrogen-bond donors (Lipinski definition) is 0. The molecule has 8 nitrogen and oxygen atoms in total. The maximum absolute atomic E-state index is 15.5. The Morgan fingerprint density at radius 3 is 2.49 bits per heavy atom. The van der Waals surface area contributed by atoms with Crippen LogP contribution in [-0.4, -0.2) is 76.1 Å². The zero-order chi connectivity index (χ0) is 30.9. The van der Waals surface area contributed by atoms with E-state index in [1.807, 2.05) is 0 Å². The molecule has 5 atom stereocenters. The largest absolute Gasteiger partial charge is 0.401 e. The molecule has 4 fully saturated rings. The number of carbonyl (C=O) groups excluding carboxylic acids is 1. The van der Waals surface area contributed by atoms with E-state index in [1.165, 1.54) is 53.3 Å². The molecule has 230 valence electrons. The second kappa shape index (κ2) is 8.80. The number of carbonyl (C=O) groups is 1. The van der Waals surface area contributed by atoms with Crippen LogP contribution in [0.3, 0.4) is 0 Å². The summed E-state index contributed by atoms with van der Waals surface area (Å²) in [5.74, 6) is -5.83. The first-order valence-corrected chi connectivity index (χ1v) is 16.0. The molecule has 3 saturated heterocycles. The predicted octanol–water partition coefficient (Wildman–Crippen LogP) is 5.27. The third-order valence-electron chi connectivity index (χ3n) is 9.98. The van der Waals surface area contributed by atoms with E-state index in [1.54, 1.807) is 0 Å². The molecule has 0 radical (unpaired) electrons. The van der Waals surface area contributed by atoms with Crippen molar-refractivity contribution in [2.45, 2.75) is 67.8 Å². The van der Waals surface area contributed by atoms with Gasteiger partial charge in [-0.05, 0) is 44.4 Å². The van der Waals surface area contributed by atoms with Crippen LogP contribution in [0.4, 0.5) is 33.3 Å². The summed E-state index contributed by atoms with van der Waals surface area (Å²) in [6.45, 7) is 1.69. The first kappa shape index (κ1) is 28.8. The second-order valence-electron chi connectivity index (χ2n) is 12.5. The maximum atomic E-state index is 15.5. The number of aromatic nitrogens is 3. The minimum Gasteiger partial charge on any atom is -0.337 e. The van der Waals surface area contributed by atoms with Gasteiger partial charge in [0, 0.05) is 30.9 Å². The summed E-state index contributed by atoms with van der Waals surface area (Å²) in [4.78, 5) is 20.6. The van der Waals surface area contributed by atoms with Gasteiger partial charge in [-0.25, -0.2) is 26.7 Å². The van der Waals surface area contributed by atoms with Crippen LogP contribution in [0.25, 0.3) is 5.65 Å². The van der Waals surface area contributed by atoms with Gasteiger partial charge in [-0.15, -0.1) is 0 Å². The number of benzene rings is 1. The highest BCUT2D eigenvalue weighted by molar-refractivity contribution is 7.92. The highest BCUT2D eigenvalue weighted by Crippen LogP contribution is 2.72. The SMILES string of the molecule is C[C@@]1(C(F)(F)F)CN(c2ccc([C@H]3C(F)(F)[C@]3(C)C(=O)N3C[C@@H]4CCCC3CS4(=O)=O)cc2)c2cnc3cc(Cl)nn3c21. The average molecular weight is 644 g/mol. The zero-order valence-electron chi connectivity index (χ0n) is 23.1. The highest BCUT2D eigenvalue weighted by Gasteiger charge is 2.83. The molecule has 0 spiro atoms. The van der Waals surface area contributed by atoms with Crippen LogP contribution in [0.2, 0.25) is 5.15 Å². The molecular formula is C28H27ClF5N5O3S. The number of alkyl halides is 5. The molecule has 6 heterocycles. The number of anilines is 2. The van der Waals surface area contributed by atoms with Gasteiger partial charge in [-0.1, -0.05) is 30.2 Å². The summed E-state index contributed by atoms with van der Waals surface area (Å²) in [6.07, 6.45) is -1.89. The Hall–Kier alpha value is -3.00. The van der Waals surface area contributed by atoms with Gasteiger partial charge in [0.05, 0.1) is 34.5 Å². The molecule has 4 aliphatic heterocycles. The van der Waals surface area contributed by atoms with Crippen LogP contribution < -0.4 is 4.90 Å². The Bertz CT molecular complexity index is 1780. The van der Waals surface area contributed by atoms with E-state index < -0.39 is 62.4 Å². The molecule has 0 N–H and O–H groups in total. The molecule has 8 rings (SSSR count). The lowest BCUT2D eigenvalue weighted by Crippen LogP contribution is -2.55. The molecule has 1 amide bonds. The first-order valence-electron chi connectivity index (χ1n) is 13.9. The van der Waals surface area contributed by atoms with Crippen molar-refractivity contribution in [1.29, 1.82) is 0 Å². The highest BCUT2D eigenvalue weighted by atomic mass is 35.5. The third-order valence-corrected chi connectivity index (χ3v) is 12.4. The van der Waals surface area contributed by atoms with Crippen LogP contribution in [0, 0.1) is 5.41 Å². The Labute approximate surface area is 248 Å². The Morgan fingerprint density at radius 2 is 1.81 bits per heavy atom. The number of nitrogens with zero attached hydrogens (tertiary/aromatic N) is 5. The number of amides is 1. The summed E-state index contributed by atoms with van der Waals surface area (Å²) in [5, 5.41) is 3.27.